The summed E-state index contributed by atoms with van der Waals surface area (Å²) in [6.45, 7) is 7.17. The summed E-state index contributed by atoms with van der Waals surface area (Å²) in [4.78, 5) is 72.5. The lowest BCUT2D eigenvalue weighted by atomic mass is 10.0. The Labute approximate surface area is 549 Å². The van der Waals surface area contributed by atoms with E-state index in [2.05, 4.69) is 34.6 Å². The summed E-state index contributed by atoms with van der Waals surface area (Å²) in [5, 5.41) is 10.6. The third kappa shape index (κ3) is 64.8. The molecule has 0 aliphatic carbocycles. The van der Waals surface area contributed by atoms with Crippen LogP contribution in [0.15, 0.2) is 0 Å². The predicted octanol–water partition coefficient (Wildman–Crippen LogP) is 20.5. The van der Waals surface area contributed by atoms with Gasteiger partial charge in [0.15, 0.2) is 12.2 Å². The minimum absolute atomic E-state index is 0.104. The number of aliphatic hydroxyl groups excluding tert-OH is 1. The lowest BCUT2D eigenvalue weighted by Crippen LogP contribution is -2.30. The second-order valence-corrected chi connectivity index (χ2v) is 29.0. The summed E-state index contributed by atoms with van der Waals surface area (Å²) in [6, 6.07) is 0. The maximum Gasteiger partial charge on any atom is 0.472 e. The van der Waals surface area contributed by atoms with Gasteiger partial charge in [-0.15, -0.1) is 0 Å². The molecule has 0 amide bonds. The highest BCUT2D eigenvalue weighted by atomic mass is 31.2. The van der Waals surface area contributed by atoms with Crippen molar-refractivity contribution in [2.45, 2.75) is 387 Å². The Bertz CT molecular complexity index is 1740. The second-order valence-electron chi connectivity index (χ2n) is 26.1. The largest absolute Gasteiger partial charge is 0.472 e. The van der Waals surface area contributed by atoms with Crippen molar-refractivity contribution < 1.29 is 80.2 Å². The minimum Gasteiger partial charge on any atom is -0.462 e. The van der Waals surface area contributed by atoms with Crippen molar-refractivity contribution in [1.82, 2.24) is 0 Å². The molecule has 5 atom stereocenters. The molecule has 0 radical (unpaired) electrons. The van der Waals surface area contributed by atoms with Gasteiger partial charge in [-0.05, 0) is 31.6 Å². The third-order valence-electron chi connectivity index (χ3n) is 16.5. The molecule has 0 saturated heterocycles. The highest BCUT2D eigenvalue weighted by Crippen LogP contribution is 2.45. The number of carbonyl (C=O) groups is 4. The van der Waals surface area contributed by atoms with E-state index in [4.69, 9.17) is 37.0 Å². The van der Waals surface area contributed by atoms with Crippen molar-refractivity contribution in [3.8, 4) is 0 Å². The zero-order chi connectivity index (χ0) is 66.3. The van der Waals surface area contributed by atoms with Gasteiger partial charge in [0.2, 0.25) is 0 Å². The molecule has 0 aromatic carbocycles. The van der Waals surface area contributed by atoms with Gasteiger partial charge in [0.1, 0.15) is 19.3 Å². The van der Waals surface area contributed by atoms with Crippen molar-refractivity contribution in [1.29, 1.82) is 0 Å². The Morgan fingerprint density at radius 3 is 0.756 bits per heavy atom. The van der Waals surface area contributed by atoms with Gasteiger partial charge in [0, 0.05) is 25.7 Å². The summed E-state index contributed by atoms with van der Waals surface area (Å²) in [6.07, 6.45) is 51.5. The second kappa shape index (κ2) is 64.4. The SMILES string of the molecule is CCCCCCCCCCCCCCCCCCCCC(=O)O[C@H](COC(=O)CCCCCCCCCCCCCCCC)COP(=O)(O)OC[C@@H](O)COP(=O)(O)OC[C@@H](COC(=O)CCCCCCCCCC)OC(=O)CCCCCCCCCC(C)C. The first-order valence-corrected chi connectivity index (χ1v) is 40.1. The summed E-state index contributed by atoms with van der Waals surface area (Å²) >= 11 is 0. The van der Waals surface area contributed by atoms with E-state index in [9.17, 15) is 43.2 Å². The van der Waals surface area contributed by atoms with Gasteiger partial charge in [-0.2, -0.15) is 0 Å². The standard InChI is InChI=1S/C71H138O17P2/c1-6-9-12-15-18-21-23-25-27-28-29-30-32-34-36-41-46-51-56-70(75)87-66(61-82-69(74)55-50-45-40-35-33-31-26-24-22-19-16-13-10-7-2)62-85-89(77,78)83-58-65(72)59-84-90(79,80)86-63-67(60-81-68(73)54-49-44-39-20-17-14-11-8-3)88-71(76)57-52-47-42-37-38-43-48-53-64(4)5/h64-67,72H,6-63H2,1-5H3,(H,77,78)(H,79,80)/t65-,66-,67-/m1/s1. The first kappa shape index (κ1) is 88.1. The average molecular weight is 1330 g/mol. The number of hydrogen-bond donors (Lipinski definition) is 3. The van der Waals surface area contributed by atoms with Crippen LogP contribution < -0.4 is 0 Å². The maximum absolute atomic E-state index is 13.0. The van der Waals surface area contributed by atoms with Gasteiger partial charge < -0.3 is 33.8 Å². The van der Waals surface area contributed by atoms with Crippen LogP contribution in [0.1, 0.15) is 369 Å². The van der Waals surface area contributed by atoms with Crippen molar-refractivity contribution in [3.05, 3.63) is 0 Å². The van der Waals surface area contributed by atoms with Gasteiger partial charge in [0.05, 0.1) is 26.4 Å². The fraction of sp³-hybridized carbons (Fsp3) is 0.944. The molecule has 0 aromatic heterocycles. The highest BCUT2D eigenvalue weighted by molar-refractivity contribution is 7.47. The molecule has 17 nitrogen and oxygen atoms in total. The molecule has 0 rings (SSSR count). The maximum atomic E-state index is 13.0. The van der Waals surface area contributed by atoms with E-state index in [1.165, 1.54) is 186 Å². The smallest absolute Gasteiger partial charge is 0.462 e. The Morgan fingerprint density at radius 2 is 0.511 bits per heavy atom. The van der Waals surface area contributed by atoms with E-state index in [1.807, 2.05) is 0 Å². The molecular weight excluding hydrogens is 1190 g/mol. The monoisotopic (exact) mass is 1320 g/mol. The zero-order valence-corrected chi connectivity index (χ0v) is 60.1. The molecule has 2 unspecified atom stereocenters. The Balaban J connectivity index is 5.20. The third-order valence-corrected chi connectivity index (χ3v) is 18.4. The van der Waals surface area contributed by atoms with Crippen LogP contribution in [0.25, 0.3) is 0 Å². The van der Waals surface area contributed by atoms with E-state index < -0.39 is 97.5 Å². The zero-order valence-electron chi connectivity index (χ0n) is 58.3. The van der Waals surface area contributed by atoms with Crippen LogP contribution in [0.3, 0.4) is 0 Å². The van der Waals surface area contributed by atoms with Crippen LogP contribution in [-0.4, -0.2) is 96.7 Å². The van der Waals surface area contributed by atoms with Crippen LogP contribution in [0.4, 0.5) is 0 Å². The number of phosphoric ester groups is 2. The molecule has 19 heteroatoms. The minimum atomic E-state index is -4.95. The highest BCUT2D eigenvalue weighted by Gasteiger charge is 2.30. The van der Waals surface area contributed by atoms with E-state index >= 15 is 0 Å². The molecule has 90 heavy (non-hydrogen) atoms. The number of rotatable bonds is 71. The molecule has 0 aliphatic heterocycles. The van der Waals surface area contributed by atoms with E-state index in [0.29, 0.717) is 31.6 Å². The molecule has 0 aromatic rings. The predicted molar refractivity (Wildman–Crippen MR) is 363 cm³/mol. The Kier molecular flexibility index (Phi) is 63.0. The molecule has 0 heterocycles. The quantitative estimate of drug-likeness (QED) is 0.0222. The van der Waals surface area contributed by atoms with Crippen LogP contribution >= 0.6 is 15.6 Å². The van der Waals surface area contributed by atoms with Crippen LogP contribution in [0.2, 0.25) is 0 Å². The van der Waals surface area contributed by atoms with Gasteiger partial charge in [-0.1, -0.05) is 317 Å². The number of phosphoric acid groups is 2. The molecule has 0 spiro atoms. The lowest BCUT2D eigenvalue weighted by molar-refractivity contribution is -0.161. The van der Waals surface area contributed by atoms with E-state index in [-0.39, 0.29) is 25.7 Å². The molecule has 534 valence electrons. The number of ether oxygens (including phenoxy) is 4. The van der Waals surface area contributed by atoms with Gasteiger partial charge >= 0.3 is 39.5 Å². The van der Waals surface area contributed by atoms with Crippen molar-refractivity contribution >= 4 is 39.5 Å². The van der Waals surface area contributed by atoms with Crippen LogP contribution in [-0.2, 0) is 65.4 Å². The Hall–Kier alpha value is -1.94. The van der Waals surface area contributed by atoms with Gasteiger partial charge in [-0.25, -0.2) is 9.13 Å². The number of aliphatic hydroxyl groups is 1. The van der Waals surface area contributed by atoms with Crippen LogP contribution in [0, 0.1) is 5.92 Å². The molecule has 0 bridgehead atoms. The van der Waals surface area contributed by atoms with Gasteiger partial charge in [0.25, 0.3) is 0 Å². The van der Waals surface area contributed by atoms with E-state index in [0.717, 1.165) is 96.3 Å². The normalized spacial score (nSPS) is 14.1. The summed E-state index contributed by atoms with van der Waals surface area (Å²) in [5.74, 6) is -1.43. The van der Waals surface area contributed by atoms with E-state index in [1.54, 1.807) is 0 Å². The van der Waals surface area contributed by atoms with Gasteiger partial charge in [-0.3, -0.25) is 37.3 Å². The number of esters is 4. The molecular formula is C71H138O17P2. The summed E-state index contributed by atoms with van der Waals surface area (Å²) in [7, 11) is -9.90. The first-order valence-electron chi connectivity index (χ1n) is 37.1. The number of unbranched alkanes of at least 4 members (excludes halogenated alkanes) is 43. The fourth-order valence-corrected chi connectivity index (χ4v) is 12.4. The van der Waals surface area contributed by atoms with Crippen molar-refractivity contribution in [2.24, 2.45) is 5.92 Å². The average Bonchev–Trinajstić information content (AvgIpc) is 3.26. The molecule has 0 aliphatic rings. The molecule has 0 saturated carbocycles. The number of hydrogen-bond acceptors (Lipinski definition) is 15. The lowest BCUT2D eigenvalue weighted by Gasteiger charge is -2.21. The van der Waals surface area contributed by atoms with Crippen LogP contribution in [0.5, 0.6) is 0 Å². The van der Waals surface area contributed by atoms with Crippen molar-refractivity contribution in [3.63, 3.8) is 0 Å². The Morgan fingerprint density at radius 1 is 0.300 bits per heavy atom. The topological polar surface area (TPSA) is 237 Å². The molecule has 3 N–H and O–H groups in total. The molecule has 0 fully saturated rings. The van der Waals surface area contributed by atoms with Crippen molar-refractivity contribution in [2.75, 3.05) is 39.6 Å². The summed E-state index contributed by atoms with van der Waals surface area (Å²) < 4.78 is 68.2. The number of carbonyl (C=O) groups excluding carboxylic acids is 4. The summed E-state index contributed by atoms with van der Waals surface area (Å²) in [5.41, 5.74) is 0. The fourth-order valence-electron chi connectivity index (χ4n) is 10.8. The first-order chi connectivity index (χ1) is 43.5.